The van der Waals surface area contributed by atoms with Crippen LogP contribution in [0.3, 0.4) is 0 Å². The van der Waals surface area contributed by atoms with Crippen LogP contribution >= 0.6 is 0 Å². The number of β-amino-alcohol motifs (C(OH)–C–C–N with tert-alkyl or cyclic N) is 1. The van der Waals surface area contributed by atoms with E-state index in [0.29, 0.717) is 6.61 Å². The molecule has 28 heavy (non-hydrogen) atoms. The Morgan fingerprint density at radius 2 is 1.21 bits per heavy atom. The van der Waals surface area contributed by atoms with E-state index in [2.05, 4.69) is 21.6 Å². The van der Waals surface area contributed by atoms with Gasteiger partial charge < -0.3 is 20.2 Å². The highest BCUT2D eigenvalue weighted by Gasteiger charge is 2.31. The highest BCUT2D eigenvalue weighted by atomic mass is 16.4. The van der Waals surface area contributed by atoms with Gasteiger partial charge in [0.25, 0.3) is 0 Å². The number of rotatable bonds is 4. The molecule has 8 nitrogen and oxygen atoms in total. The maximum atomic E-state index is 9.10. The summed E-state index contributed by atoms with van der Waals surface area (Å²) in [5, 5.41) is 23.8. The van der Waals surface area contributed by atoms with Gasteiger partial charge in [0.1, 0.15) is 0 Å². The van der Waals surface area contributed by atoms with Gasteiger partial charge in [-0.1, -0.05) is 6.92 Å². The topological polar surface area (TPSA) is 105 Å². The van der Waals surface area contributed by atoms with E-state index >= 15 is 0 Å². The number of nitrogens with zero attached hydrogens (tertiary/aromatic N) is 3. The second kappa shape index (κ2) is 11.7. The van der Waals surface area contributed by atoms with E-state index in [1.165, 1.54) is 64.7 Å². The van der Waals surface area contributed by atoms with Gasteiger partial charge in [0.05, 0.1) is 6.61 Å². The Morgan fingerprint density at radius 3 is 1.68 bits per heavy atom. The smallest absolute Gasteiger partial charge is 0.414 e. The number of piperazine rings is 1. The van der Waals surface area contributed by atoms with Gasteiger partial charge in [0, 0.05) is 44.8 Å². The van der Waals surface area contributed by atoms with Crippen LogP contribution in [0.2, 0.25) is 0 Å². The van der Waals surface area contributed by atoms with E-state index in [1.807, 2.05) is 0 Å². The second-order valence-electron chi connectivity index (χ2n) is 8.39. The monoisotopic (exact) mass is 399 g/mol. The van der Waals surface area contributed by atoms with Gasteiger partial charge in [-0.3, -0.25) is 9.80 Å². The SMILES string of the molecule is CC1CCC(N2CCC(N3CCN(CCO)CC3)CC2)CC1.O=C(O)C(=O)O. The van der Waals surface area contributed by atoms with Crippen molar-refractivity contribution in [3.05, 3.63) is 0 Å². The Balaban J connectivity index is 0.000000409. The first-order valence-electron chi connectivity index (χ1n) is 10.7. The Morgan fingerprint density at radius 1 is 0.750 bits per heavy atom. The fourth-order valence-electron chi connectivity index (χ4n) is 4.72. The molecule has 1 aliphatic carbocycles. The lowest BCUT2D eigenvalue weighted by Crippen LogP contribution is -2.54. The van der Waals surface area contributed by atoms with Crippen LogP contribution in [0.1, 0.15) is 45.4 Å². The number of hydrogen-bond acceptors (Lipinski definition) is 6. The molecular formula is C20H37N3O5. The minimum Gasteiger partial charge on any atom is -0.473 e. The number of carboxylic acid groups (broad SMARTS) is 2. The average Bonchev–Trinajstić information content (AvgIpc) is 2.70. The van der Waals surface area contributed by atoms with Crippen LogP contribution < -0.4 is 0 Å². The molecule has 0 spiro atoms. The lowest BCUT2D eigenvalue weighted by atomic mass is 9.85. The van der Waals surface area contributed by atoms with E-state index in [4.69, 9.17) is 24.9 Å². The number of carbonyl (C=O) groups is 2. The maximum Gasteiger partial charge on any atom is 0.414 e. The number of aliphatic hydroxyl groups is 1. The van der Waals surface area contributed by atoms with Gasteiger partial charge in [0.15, 0.2) is 0 Å². The number of carboxylic acids is 2. The molecule has 0 bridgehead atoms. The van der Waals surface area contributed by atoms with E-state index in [0.717, 1.165) is 37.6 Å². The van der Waals surface area contributed by atoms with Gasteiger partial charge >= 0.3 is 11.9 Å². The first kappa shape index (κ1) is 23.1. The van der Waals surface area contributed by atoms with Crippen molar-refractivity contribution < 1.29 is 24.9 Å². The fourth-order valence-corrected chi connectivity index (χ4v) is 4.72. The molecule has 3 aliphatic rings. The van der Waals surface area contributed by atoms with Crippen LogP contribution in [-0.2, 0) is 9.59 Å². The fraction of sp³-hybridized carbons (Fsp3) is 0.900. The molecule has 162 valence electrons. The zero-order valence-electron chi connectivity index (χ0n) is 17.1. The van der Waals surface area contributed by atoms with Gasteiger partial charge in [-0.25, -0.2) is 9.59 Å². The molecular weight excluding hydrogens is 362 g/mol. The number of hydrogen-bond donors (Lipinski definition) is 3. The molecule has 2 saturated heterocycles. The summed E-state index contributed by atoms with van der Waals surface area (Å²) >= 11 is 0. The Bertz CT molecular complexity index is 468. The summed E-state index contributed by atoms with van der Waals surface area (Å²) < 4.78 is 0. The Kier molecular flexibility index (Phi) is 9.64. The minimum absolute atomic E-state index is 0.304. The van der Waals surface area contributed by atoms with Crippen LogP contribution in [0.4, 0.5) is 0 Å². The highest BCUT2D eigenvalue weighted by Crippen LogP contribution is 2.29. The normalized spacial score (nSPS) is 28.4. The summed E-state index contributed by atoms with van der Waals surface area (Å²) in [6.45, 7) is 10.9. The number of aliphatic hydroxyl groups excluding tert-OH is 1. The van der Waals surface area contributed by atoms with E-state index in [-0.39, 0.29) is 0 Å². The Hall–Kier alpha value is -1.22. The first-order chi connectivity index (χ1) is 13.4. The summed E-state index contributed by atoms with van der Waals surface area (Å²) in [4.78, 5) is 26.1. The van der Waals surface area contributed by atoms with Crippen molar-refractivity contribution in [3.63, 3.8) is 0 Å². The van der Waals surface area contributed by atoms with Crippen LogP contribution in [0, 0.1) is 5.92 Å². The van der Waals surface area contributed by atoms with Gasteiger partial charge in [-0.2, -0.15) is 0 Å². The molecule has 0 aromatic rings. The molecule has 0 radical (unpaired) electrons. The van der Waals surface area contributed by atoms with Crippen LogP contribution in [-0.4, -0.2) is 106 Å². The lowest BCUT2D eigenvalue weighted by molar-refractivity contribution is -0.159. The second-order valence-corrected chi connectivity index (χ2v) is 8.39. The van der Waals surface area contributed by atoms with Crippen molar-refractivity contribution in [2.75, 3.05) is 52.4 Å². The molecule has 0 aromatic carbocycles. The van der Waals surface area contributed by atoms with Crippen LogP contribution in [0.5, 0.6) is 0 Å². The molecule has 8 heteroatoms. The Labute approximate surface area is 168 Å². The predicted molar refractivity (Wildman–Crippen MR) is 106 cm³/mol. The predicted octanol–water partition coefficient (Wildman–Crippen LogP) is 0.795. The zero-order valence-corrected chi connectivity index (χ0v) is 17.1. The lowest BCUT2D eigenvalue weighted by Gasteiger charge is -2.45. The van der Waals surface area contributed by atoms with Gasteiger partial charge in [0.2, 0.25) is 0 Å². The van der Waals surface area contributed by atoms with Crippen LogP contribution in [0.25, 0.3) is 0 Å². The average molecular weight is 400 g/mol. The van der Waals surface area contributed by atoms with E-state index in [9.17, 15) is 0 Å². The van der Waals surface area contributed by atoms with Gasteiger partial charge in [-0.05, 0) is 57.5 Å². The van der Waals surface area contributed by atoms with Crippen molar-refractivity contribution in [3.8, 4) is 0 Å². The third kappa shape index (κ3) is 7.31. The molecule has 3 rings (SSSR count). The quantitative estimate of drug-likeness (QED) is 0.596. The molecule has 1 saturated carbocycles. The summed E-state index contributed by atoms with van der Waals surface area (Å²) in [5.41, 5.74) is 0. The number of likely N-dealkylation sites (tertiary alicyclic amines) is 1. The maximum absolute atomic E-state index is 9.10. The molecule has 3 N–H and O–H groups in total. The van der Waals surface area contributed by atoms with Crippen molar-refractivity contribution in [1.82, 2.24) is 14.7 Å². The van der Waals surface area contributed by atoms with E-state index < -0.39 is 11.9 Å². The molecule has 0 aromatic heterocycles. The van der Waals surface area contributed by atoms with Crippen LogP contribution in [0.15, 0.2) is 0 Å². The molecule has 2 heterocycles. The van der Waals surface area contributed by atoms with Crippen molar-refractivity contribution in [2.24, 2.45) is 5.92 Å². The largest absolute Gasteiger partial charge is 0.473 e. The number of piperidine rings is 1. The summed E-state index contributed by atoms with van der Waals surface area (Å²) in [5.74, 6) is -2.69. The molecule has 0 amide bonds. The van der Waals surface area contributed by atoms with Crippen molar-refractivity contribution in [1.29, 1.82) is 0 Å². The van der Waals surface area contributed by atoms with Crippen molar-refractivity contribution in [2.45, 2.75) is 57.5 Å². The molecule has 0 unspecified atom stereocenters. The molecule has 0 atom stereocenters. The first-order valence-corrected chi connectivity index (χ1v) is 10.7. The van der Waals surface area contributed by atoms with E-state index in [1.54, 1.807) is 0 Å². The summed E-state index contributed by atoms with van der Waals surface area (Å²) in [6, 6.07) is 1.70. The third-order valence-electron chi connectivity index (χ3n) is 6.52. The molecule has 2 aliphatic heterocycles. The summed E-state index contributed by atoms with van der Waals surface area (Å²) in [7, 11) is 0. The standard InChI is InChI=1S/C18H35N3O.C2H2O4/c1-16-2-4-17(5-3-16)20-8-6-18(7-9-20)21-12-10-19(11-13-21)14-15-22;3-1(4)2(5)6/h16-18,22H,2-15H2,1H3;(H,3,4)(H,5,6). The number of aliphatic carboxylic acids is 2. The highest BCUT2D eigenvalue weighted by molar-refractivity contribution is 6.27. The van der Waals surface area contributed by atoms with Gasteiger partial charge in [-0.15, -0.1) is 0 Å². The summed E-state index contributed by atoms with van der Waals surface area (Å²) in [6.07, 6.45) is 8.49. The zero-order chi connectivity index (χ0) is 20.5. The third-order valence-corrected chi connectivity index (χ3v) is 6.52. The van der Waals surface area contributed by atoms with Crippen molar-refractivity contribution >= 4 is 11.9 Å². The minimum atomic E-state index is -1.82. The molecule has 3 fully saturated rings.